The Labute approximate surface area is 144 Å². The second-order valence-corrected chi connectivity index (χ2v) is 6.72. The molecule has 136 valence electrons. The lowest BCUT2D eigenvalue weighted by Gasteiger charge is -2.35. The minimum absolute atomic E-state index is 0.139. The third kappa shape index (κ3) is 5.72. The quantitative estimate of drug-likeness (QED) is 0.789. The third-order valence-electron chi connectivity index (χ3n) is 4.47. The van der Waals surface area contributed by atoms with Crippen molar-refractivity contribution in [2.24, 2.45) is 0 Å². The third-order valence-corrected chi connectivity index (χ3v) is 4.47. The molecule has 0 radical (unpaired) electrons. The summed E-state index contributed by atoms with van der Waals surface area (Å²) in [7, 11) is 0. The monoisotopic (exact) mass is 339 g/mol. The number of rotatable bonds is 8. The molecule has 0 unspecified atom stereocenters. The molecule has 1 aliphatic rings. The van der Waals surface area contributed by atoms with Crippen molar-refractivity contribution >= 4 is 0 Å². The van der Waals surface area contributed by atoms with Gasteiger partial charge in [0.1, 0.15) is 23.8 Å². The number of aliphatic hydroxyl groups is 1. The minimum atomic E-state index is -1.05. The number of halogens is 1. The maximum Gasteiger partial charge on any atom is 0.134 e. The highest BCUT2D eigenvalue weighted by Crippen LogP contribution is 2.21. The van der Waals surface area contributed by atoms with Gasteiger partial charge in [-0.2, -0.15) is 0 Å². The molecule has 1 aliphatic heterocycles. The summed E-state index contributed by atoms with van der Waals surface area (Å²) < 4.78 is 24.3. The Balaban J connectivity index is 1.99. The van der Waals surface area contributed by atoms with Gasteiger partial charge in [-0.3, -0.25) is 4.90 Å². The summed E-state index contributed by atoms with van der Waals surface area (Å²) in [6.45, 7) is 6.79. The Morgan fingerprint density at radius 1 is 1.25 bits per heavy atom. The van der Waals surface area contributed by atoms with Crippen molar-refractivity contribution in [3.05, 3.63) is 30.1 Å². The summed E-state index contributed by atoms with van der Waals surface area (Å²) in [6.07, 6.45) is 4.52. The smallest absolute Gasteiger partial charge is 0.134 e. The molecule has 5 heteroatoms. The lowest BCUT2D eigenvalue weighted by molar-refractivity contribution is -0.0676. The van der Waals surface area contributed by atoms with E-state index in [4.69, 9.17) is 9.47 Å². The summed E-state index contributed by atoms with van der Waals surface area (Å²) in [6, 6.07) is 6.33. The number of hydrogen-bond donors (Lipinski definition) is 1. The van der Waals surface area contributed by atoms with Gasteiger partial charge in [0.15, 0.2) is 0 Å². The molecule has 1 heterocycles. The topological polar surface area (TPSA) is 41.9 Å². The first-order valence-electron chi connectivity index (χ1n) is 8.99. The van der Waals surface area contributed by atoms with Crippen molar-refractivity contribution in [2.75, 3.05) is 32.9 Å². The highest BCUT2D eigenvalue weighted by Gasteiger charge is 2.35. The first-order valence-corrected chi connectivity index (χ1v) is 8.99. The van der Waals surface area contributed by atoms with E-state index in [-0.39, 0.29) is 19.0 Å². The van der Waals surface area contributed by atoms with E-state index in [0.29, 0.717) is 24.9 Å². The highest BCUT2D eigenvalue weighted by molar-refractivity contribution is 5.22. The van der Waals surface area contributed by atoms with Crippen molar-refractivity contribution in [2.45, 2.75) is 51.2 Å². The summed E-state index contributed by atoms with van der Waals surface area (Å²) in [5.41, 5.74) is -1.05. The molecular formula is C19H30FNO3. The Hall–Kier alpha value is -1.17. The molecule has 0 saturated carbocycles. The number of benzene rings is 1. The molecule has 0 bridgehead atoms. The fourth-order valence-corrected chi connectivity index (χ4v) is 3.27. The van der Waals surface area contributed by atoms with Gasteiger partial charge in [0.25, 0.3) is 0 Å². The van der Waals surface area contributed by atoms with E-state index in [2.05, 4.69) is 18.7 Å². The Morgan fingerprint density at radius 3 is 2.54 bits per heavy atom. The van der Waals surface area contributed by atoms with E-state index < -0.39 is 5.60 Å². The molecule has 24 heavy (non-hydrogen) atoms. The molecule has 1 aromatic carbocycles. The molecule has 1 atom stereocenters. The van der Waals surface area contributed by atoms with Gasteiger partial charge in [0.05, 0.1) is 13.2 Å². The molecule has 1 fully saturated rings. The van der Waals surface area contributed by atoms with Crippen molar-refractivity contribution in [1.82, 2.24) is 4.90 Å². The van der Waals surface area contributed by atoms with Gasteiger partial charge in [-0.15, -0.1) is 0 Å². The zero-order valence-corrected chi connectivity index (χ0v) is 14.8. The molecular weight excluding hydrogens is 309 g/mol. The average Bonchev–Trinajstić information content (AvgIpc) is 2.76. The second-order valence-electron chi connectivity index (χ2n) is 6.72. The van der Waals surface area contributed by atoms with Crippen LogP contribution in [-0.4, -0.2) is 54.6 Å². The Kier molecular flexibility index (Phi) is 7.46. The van der Waals surface area contributed by atoms with Crippen LogP contribution in [0.5, 0.6) is 5.75 Å². The summed E-state index contributed by atoms with van der Waals surface area (Å²) >= 11 is 0. The Bertz CT molecular complexity index is 476. The van der Waals surface area contributed by atoms with E-state index >= 15 is 0 Å². The lowest BCUT2D eigenvalue weighted by Crippen LogP contribution is -2.51. The predicted molar refractivity (Wildman–Crippen MR) is 92.8 cm³/mol. The maximum atomic E-state index is 13.0. The van der Waals surface area contributed by atoms with Crippen LogP contribution in [0.25, 0.3) is 0 Å². The minimum Gasteiger partial charge on any atom is -0.490 e. The van der Waals surface area contributed by atoms with Gasteiger partial charge in [0, 0.05) is 19.1 Å². The predicted octanol–water partition coefficient (Wildman–Crippen LogP) is 3.24. The van der Waals surface area contributed by atoms with Gasteiger partial charge >= 0.3 is 0 Å². The molecule has 2 rings (SSSR count). The van der Waals surface area contributed by atoms with Crippen LogP contribution < -0.4 is 4.74 Å². The fourth-order valence-electron chi connectivity index (χ4n) is 3.27. The van der Waals surface area contributed by atoms with E-state index in [1.165, 1.54) is 12.1 Å². The van der Waals surface area contributed by atoms with Gasteiger partial charge in [0.2, 0.25) is 0 Å². The van der Waals surface area contributed by atoms with Gasteiger partial charge in [-0.1, -0.05) is 26.7 Å². The molecule has 0 aromatic heterocycles. The van der Waals surface area contributed by atoms with Gasteiger partial charge in [-0.25, -0.2) is 4.39 Å². The van der Waals surface area contributed by atoms with E-state index in [1.807, 2.05) is 0 Å². The van der Waals surface area contributed by atoms with E-state index in [1.54, 1.807) is 12.1 Å². The summed E-state index contributed by atoms with van der Waals surface area (Å²) in [5, 5.41) is 11.0. The Morgan fingerprint density at radius 2 is 1.92 bits per heavy atom. The largest absolute Gasteiger partial charge is 0.490 e. The SMILES string of the molecule is CCCC(CCC)N1CCOC[C@](O)(COc2ccc(F)cc2)C1. The number of hydrogen-bond acceptors (Lipinski definition) is 4. The van der Waals surface area contributed by atoms with Crippen LogP contribution in [0.3, 0.4) is 0 Å². The van der Waals surface area contributed by atoms with E-state index in [0.717, 1.165) is 32.2 Å². The zero-order valence-electron chi connectivity index (χ0n) is 14.8. The molecule has 4 nitrogen and oxygen atoms in total. The van der Waals surface area contributed by atoms with Crippen LogP contribution in [0.2, 0.25) is 0 Å². The van der Waals surface area contributed by atoms with Crippen LogP contribution in [-0.2, 0) is 4.74 Å². The van der Waals surface area contributed by atoms with Gasteiger partial charge in [-0.05, 0) is 37.1 Å². The first-order chi connectivity index (χ1) is 11.6. The number of β-amino-alcohol motifs (C(OH)–C–C–N with tert-alkyl or cyclic N) is 1. The van der Waals surface area contributed by atoms with Crippen LogP contribution in [0.4, 0.5) is 4.39 Å². The second kappa shape index (κ2) is 9.35. The lowest BCUT2D eigenvalue weighted by atomic mass is 10.0. The van der Waals surface area contributed by atoms with Crippen LogP contribution >= 0.6 is 0 Å². The van der Waals surface area contributed by atoms with Crippen LogP contribution in [0, 0.1) is 5.82 Å². The van der Waals surface area contributed by atoms with Crippen molar-refractivity contribution in [1.29, 1.82) is 0 Å². The van der Waals surface area contributed by atoms with Crippen molar-refractivity contribution in [3.8, 4) is 5.75 Å². The number of ether oxygens (including phenoxy) is 2. The first kappa shape index (κ1) is 19.2. The highest BCUT2D eigenvalue weighted by atomic mass is 19.1. The average molecular weight is 339 g/mol. The molecule has 1 saturated heterocycles. The van der Waals surface area contributed by atoms with Gasteiger partial charge < -0.3 is 14.6 Å². The standard InChI is InChI=1S/C19H30FNO3/c1-3-5-17(6-4-2)21-11-12-23-14-19(22,13-21)15-24-18-9-7-16(20)8-10-18/h7-10,17,22H,3-6,11-15H2,1-2H3/t19-/m0/s1. The molecule has 0 aliphatic carbocycles. The number of nitrogens with zero attached hydrogens (tertiary/aromatic N) is 1. The summed E-state index contributed by atoms with van der Waals surface area (Å²) in [4.78, 5) is 2.34. The van der Waals surface area contributed by atoms with E-state index in [9.17, 15) is 9.50 Å². The molecule has 0 amide bonds. The fraction of sp³-hybridized carbons (Fsp3) is 0.684. The normalized spacial score (nSPS) is 22.5. The van der Waals surface area contributed by atoms with Crippen molar-refractivity contribution in [3.63, 3.8) is 0 Å². The molecule has 1 N–H and O–H groups in total. The molecule has 0 spiro atoms. The maximum absolute atomic E-state index is 13.0. The van der Waals surface area contributed by atoms with Crippen LogP contribution in [0.15, 0.2) is 24.3 Å². The summed E-state index contributed by atoms with van der Waals surface area (Å²) in [5.74, 6) is 0.256. The van der Waals surface area contributed by atoms with Crippen LogP contribution in [0.1, 0.15) is 39.5 Å². The molecule has 1 aromatic rings. The zero-order chi connectivity index (χ0) is 17.4. The van der Waals surface area contributed by atoms with Crippen molar-refractivity contribution < 1.29 is 19.0 Å².